The summed E-state index contributed by atoms with van der Waals surface area (Å²) in [5.41, 5.74) is 3.28. The largest absolute Gasteiger partial charge is 0.507 e. The summed E-state index contributed by atoms with van der Waals surface area (Å²) >= 11 is 0. The minimum atomic E-state index is -1.17. The van der Waals surface area contributed by atoms with Crippen LogP contribution in [0.1, 0.15) is 21.5 Å². The molecule has 0 aliphatic heterocycles. The smallest absolute Gasteiger partial charge is 0.339 e. The summed E-state index contributed by atoms with van der Waals surface area (Å²) < 4.78 is 16.3. The van der Waals surface area contributed by atoms with Crippen LogP contribution in [0.3, 0.4) is 0 Å². The minimum absolute atomic E-state index is 0.129. The molecule has 126 valence electrons. The highest BCUT2D eigenvalue weighted by atomic mass is 16.5. The Balaban J connectivity index is 2.32. The van der Waals surface area contributed by atoms with Crippen molar-refractivity contribution in [3.8, 4) is 34.1 Å². The van der Waals surface area contributed by atoms with Gasteiger partial charge in [-0.1, -0.05) is 0 Å². The van der Waals surface area contributed by atoms with Gasteiger partial charge in [-0.15, -0.1) is 0 Å². The SMILES string of the molecule is COc1cc2c(c(OC)c1OC)CCc1cc(O)c(C(=O)O)cc1-2. The molecule has 0 spiro atoms. The van der Waals surface area contributed by atoms with Crippen LogP contribution in [0.15, 0.2) is 18.2 Å². The molecule has 1 aliphatic rings. The zero-order chi connectivity index (χ0) is 17.4. The Labute approximate surface area is 139 Å². The Kier molecular flexibility index (Phi) is 3.97. The fraction of sp³-hybridized carbons (Fsp3) is 0.278. The molecule has 2 N–H and O–H groups in total. The number of hydrogen-bond acceptors (Lipinski definition) is 5. The first kappa shape index (κ1) is 16.0. The Morgan fingerprint density at radius 2 is 1.67 bits per heavy atom. The van der Waals surface area contributed by atoms with Gasteiger partial charge in [-0.3, -0.25) is 0 Å². The van der Waals surface area contributed by atoms with Crippen LogP contribution >= 0.6 is 0 Å². The molecule has 2 aromatic rings. The van der Waals surface area contributed by atoms with Gasteiger partial charge in [0.25, 0.3) is 0 Å². The number of methoxy groups -OCH3 is 3. The zero-order valence-electron chi connectivity index (χ0n) is 13.7. The van der Waals surface area contributed by atoms with Crippen molar-refractivity contribution < 1.29 is 29.2 Å². The molecule has 24 heavy (non-hydrogen) atoms. The summed E-state index contributed by atoms with van der Waals surface area (Å²) in [6, 6.07) is 4.83. The van der Waals surface area contributed by atoms with Gasteiger partial charge in [0.05, 0.1) is 21.3 Å². The van der Waals surface area contributed by atoms with E-state index in [1.54, 1.807) is 14.2 Å². The van der Waals surface area contributed by atoms with E-state index < -0.39 is 5.97 Å². The van der Waals surface area contributed by atoms with Crippen molar-refractivity contribution >= 4 is 5.97 Å². The molecule has 0 aromatic heterocycles. The molecular formula is C18H18O6. The van der Waals surface area contributed by atoms with E-state index in [0.29, 0.717) is 30.1 Å². The normalized spacial score (nSPS) is 12.1. The van der Waals surface area contributed by atoms with E-state index >= 15 is 0 Å². The molecule has 0 amide bonds. The number of phenols is 1. The summed E-state index contributed by atoms with van der Waals surface area (Å²) in [7, 11) is 4.64. The number of ether oxygens (including phenoxy) is 3. The lowest BCUT2D eigenvalue weighted by atomic mass is 9.83. The summed E-state index contributed by atoms with van der Waals surface area (Å²) in [5.74, 6) is 0.208. The molecule has 0 heterocycles. The predicted molar refractivity (Wildman–Crippen MR) is 87.6 cm³/mol. The zero-order valence-corrected chi connectivity index (χ0v) is 13.7. The molecule has 0 saturated carbocycles. The minimum Gasteiger partial charge on any atom is -0.507 e. The number of carboxylic acid groups (broad SMARTS) is 1. The van der Waals surface area contributed by atoms with E-state index in [1.807, 2.05) is 6.07 Å². The van der Waals surface area contributed by atoms with Crippen molar-refractivity contribution in [2.24, 2.45) is 0 Å². The molecule has 2 aromatic carbocycles. The summed E-state index contributed by atoms with van der Waals surface area (Å²) in [4.78, 5) is 11.3. The van der Waals surface area contributed by atoms with E-state index in [9.17, 15) is 15.0 Å². The van der Waals surface area contributed by atoms with Crippen LogP contribution in [-0.4, -0.2) is 37.5 Å². The lowest BCUT2D eigenvalue weighted by Crippen LogP contribution is -2.09. The molecule has 0 saturated heterocycles. The van der Waals surface area contributed by atoms with Crippen LogP contribution in [0.2, 0.25) is 0 Å². The van der Waals surface area contributed by atoms with E-state index in [2.05, 4.69) is 0 Å². The van der Waals surface area contributed by atoms with Gasteiger partial charge < -0.3 is 24.4 Å². The van der Waals surface area contributed by atoms with Gasteiger partial charge in [-0.2, -0.15) is 0 Å². The van der Waals surface area contributed by atoms with Crippen molar-refractivity contribution in [3.05, 3.63) is 34.9 Å². The number of carboxylic acids is 1. The molecular weight excluding hydrogens is 312 g/mol. The molecule has 3 rings (SSSR count). The van der Waals surface area contributed by atoms with Gasteiger partial charge in [0, 0.05) is 5.56 Å². The Morgan fingerprint density at radius 3 is 2.25 bits per heavy atom. The monoisotopic (exact) mass is 330 g/mol. The Bertz CT molecular complexity index is 825. The quantitative estimate of drug-likeness (QED) is 0.896. The van der Waals surface area contributed by atoms with Crippen molar-refractivity contribution in [2.75, 3.05) is 21.3 Å². The number of benzene rings is 2. The first-order chi connectivity index (χ1) is 11.5. The first-order valence-corrected chi connectivity index (χ1v) is 7.43. The fourth-order valence-corrected chi connectivity index (χ4v) is 3.22. The van der Waals surface area contributed by atoms with Crippen LogP contribution in [0.4, 0.5) is 0 Å². The number of aryl methyl sites for hydroxylation is 1. The van der Waals surface area contributed by atoms with Crippen molar-refractivity contribution in [3.63, 3.8) is 0 Å². The molecule has 0 atom stereocenters. The molecule has 0 unspecified atom stereocenters. The van der Waals surface area contributed by atoms with Crippen LogP contribution in [0.5, 0.6) is 23.0 Å². The third kappa shape index (κ3) is 2.31. The Morgan fingerprint density at radius 1 is 0.958 bits per heavy atom. The van der Waals surface area contributed by atoms with Crippen LogP contribution in [-0.2, 0) is 12.8 Å². The second-order valence-electron chi connectivity index (χ2n) is 5.50. The highest BCUT2D eigenvalue weighted by molar-refractivity contribution is 5.94. The van der Waals surface area contributed by atoms with E-state index in [0.717, 1.165) is 22.3 Å². The van der Waals surface area contributed by atoms with Gasteiger partial charge in [-0.05, 0) is 47.7 Å². The van der Waals surface area contributed by atoms with Gasteiger partial charge in [-0.25, -0.2) is 4.79 Å². The number of aromatic hydroxyl groups is 1. The number of fused-ring (bicyclic) bond motifs is 3. The number of carbonyl (C=O) groups is 1. The number of hydrogen-bond donors (Lipinski definition) is 2. The highest BCUT2D eigenvalue weighted by Gasteiger charge is 2.27. The third-order valence-electron chi connectivity index (χ3n) is 4.32. The molecule has 0 fully saturated rings. The second kappa shape index (κ2) is 5.96. The van der Waals surface area contributed by atoms with Gasteiger partial charge >= 0.3 is 5.97 Å². The average Bonchev–Trinajstić information content (AvgIpc) is 2.58. The van der Waals surface area contributed by atoms with Gasteiger partial charge in [0.1, 0.15) is 11.3 Å². The molecule has 6 heteroatoms. The second-order valence-corrected chi connectivity index (χ2v) is 5.50. The van der Waals surface area contributed by atoms with Gasteiger partial charge in [0.2, 0.25) is 5.75 Å². The van der Waals surface area contributed by atoms with E-state index in [-0.39, 0.29) is 11.3 Å². The molecule has 1 aliphatic carbocycles. The van der Waals surface area contributed by atoms with E-state index in [1.165, 1.54) is 19.2 Å². The number of aromatic carboxylic acids is 1. The van der Waals surface area contributed by atoms with Crippen LogP contribution in [0, 0.1) is 0 Å². The summed E-state index contributed by atoms with van der Waals surface area (Å²) in [6.07, 6.45) is 1.36. The van der Waals surface area contributed by atoms with Crippen molar-refractivity contribution in [1.29, 1.82) is 0 Å². The van der Waals surface area contributed by atoms with Crippen LogP contribution < -0.4 is 14.2 Å². The molecule has 0 bridgehead atoms. The lowest BCUT2D eigenvalue weighted by Gasteiger charge is -2.25. The van der Waals surface area contributed by atoms with Gasteiger partial charge in [0.15, 0.2) is 11.5 Å². The lowest BCUT2D eigenvalue weighted by molar-refractivity contribution is 0.0694. The maximum Gasteiger partial charge on any atom is 0.339 e. The number of rotatable bonds is 4. The topological polar surface area (TPSA) is 85.2 Å². The maximum absolute atomic E-state index is 11.3. The fourth-order valence-electron chi connectivity index (χ4n) is 3.22. The molecule has 6 nitrogen and oxygen atoms in total. The van der Waals surface area contributed by atoms with E-state index in [4.69, 9.17) is 14.2 Å². The standard InChI is InChI=1S/C18H18O6/c1-22-15-8-12-10(16(23-2)17(15)24-3)5-4-9-6-14(19)13(18(20)21)7-11(9)12/h6-8,19H,4-5H2,1-3H3,(H,20,21). The van der Waals surface area contributed by atoms with Crippen molar-refractivity contribution in [2.45, 2.75) is 12.8 Å². The first-order valence-electron chi connectivity index (χ1n) is 7.43. The highest BCUT2D eigenvalue weighted by Crippen LogP contribution is 2.49. The average molecular weight is 330 g/mol. The predicted octanol–water partition coefficient (Wildman–Crippen LogP) is 2.88. The molecule has 0 radical (unpaired) electrons. The maximum atomic E-state index is 11.3. The van der Waals surface area contributed by atoms with Crippen LogP contribution in [0.25, 0.3) is 11.1 Å². The Hall–Kier alpha value is -2.89. The third-order valence-corrected chi connectivity index (χ3v) is 4.32. The summed E-state index contributed by atoms with van der Waals surface area (Å²) in [5, 5.41) is 19.2. The summed E-state index contributed by atoms with van der Waals surface area (Å²) in [6.45, 7) is 0. The van der Waals surface area contributed by atoms with Crippen molar-refractivity contribution in [1.82, 2.24) is 0 Å².